The smallest absolute Gasteiger partial charge is 0.338 e. The first-order valence-corrected chi connectivity index (χ1v) is 7.80. The minimum absolute atomic E-state index is 0.0914. The van der Waals surface area contributed by atoms with Crippen molar-refractivity contribution in [2.24, 2.45) is 0 Å². The maximum Gasteiger partial charge on any atom is 0.338 e. The van der Waals surface area contributed by atoms with Crippen LogP contribution in [-0.4, -0.2) is 36.6 Å². The quantitative estimate of drug-likeness (QED) is 0.802. The highest BCUT2D eigenvalue weighted by molar-refractivity contribution is 5.93. The monoisotopic (exact) mass is 289 g/mol. The van der Waals surface area contributed by atoms with Crippen LogP contribution in [0.4, 0.5) is 0 Å². The van der Waals surface area contributed by atoms with Crippen molar-refractivity contribution in [1.29, 1.82) is 0 Å². The Morgan fingerprint density at radius 1 is 1.33 bits per heavy atom. The maximum absolute atomic E-state index is 11.6. The van der Waals surface area contributed by atoms with Gasteiger partial charge in [0.25, 0.3) is 0 Å². The van der Waals surface area contributed by atoms with Crippen molar-refractivity contribution in [2.45, 2.75) is 45.9 Å². The molecule has 2 atom stereocenters. The molecule has 2 aliphatic rings. The summed E-state index contributed by atoms with van der Waals surface area (Å²) >= 11 is 0. The highest BCUT2D eigenvalue weighted by Gasteiger charge is 2.31. The molecule has 0 spiro atoms. The van der Waals surface area contributed by atoms with Crippen molar-refractivity contribution in [3.63, 3.8) is 0 Å². The van der Waals surface area contributed by atoms with Gasteiger partial charge in [-0.25, -0.2) is 4.79 Å². The van der Waals surface area contributed by atoms with Gasteiger partial charge in [0.1, 0.15) is 6.61 Å². The highest BCUT2D eigenvalue weighted by atomic mass is 16.5. The lowest BCUT2D eigenvalue weighted by Gasteiger charge is -2.39. The Labute approximate surface area is 126 Å². The molecule has 1 aromatic rings. The van der Waals surface area contributed by atoms with E-state index in [1.807, 2.05) is 12.1 Å². The second-order valence-corrected chi connectivity index (χ2v) is 5.85. The summed E-state index contributed by atoms with van der Waals surface area (Å²) in [7, 11) is 0. The summed E-state index contributed by atoms with van der Waals surface area (Å²) in [5.41, 5.74) is 4.09. The Bertz CT molecular complexity index is 555. The standard InChI is InChI=1S/C17H23NO3/c1-4-12-9-20-16(8-18(12)5-2)13-6-7-14-15(11(13)3)10-21-17(14)19/h6-7,12,16H,4-5,8-10H2,1-3H3/t12-,16+/m1/s1. The molecule has 0 saturated carbocycles. The van der Waals surface area contributed by atoms with Crippen molar-refractivity contribution in [3.8, 4) is 0 Å². The molecule has 0 unspecified atom stereocenters. The van der Waals surface area contributed by atoms with Gasteiger partial charge in [0.2, 0.25) is 0 Å². The second kappa shape index (κ2) is 5.78. The van der Waals surface area contributed by atoms with Gasteiger partial charge in [-0.2, -0.15) is 0 Å². The number of esters is 1. The fraction of sp³-hybridized carbons (Fsp3) is 0.588. The minimum atomic E-state index is -0.203. The third-order valence-electron chi connectivity index (χ3n) is 4.84. The molecule has 2 heterocycles. The topological polar surface area (TPSA) is 38.8 Å². The average Bonchev–Trinajstić information content (AvgIpc) is 2.89. The number of carbonyl (C=O) groups excluding carboxylic acids is 1. The Hall–Kier alpha value is -1.39. The van der Waals surface area contributed by atoms with Gasteiger partial charge in [0.05, 0.1) is 18.3 Å². The van der Waals surface area contributed by atoms with E-state index in [0.29, 0.717) is 18.2 Å². The third kappa shape index (κ3) is 2.47. The van der Waals surface area contributed by atoms with E-state index < -0.39 is 0 Å². The van der Waals surface area contributed by atoms with E-state index in [1.54, 1.807) is 0 Å². The van der Waals surface area contributed by atoms with Crippen LogP contribution in [0.2, 0.25) is 0 Å². The molecule has 2 aliphatic heterocycles. The van der Waals surface area contributed by atoms with Gasteiger partial charge in [-0.1, -0.05) is 19.9 Å². The fourth-order valence-corrected chi connectivity index (χ4v) is 3.42. The van der Waals surface area contributed by atoms with Gasteiger partial charge in [-0.05, 0) is 37.1 Å². The highest BCUT2D eigenvalue weighted by Crippen LogP contribution is 2.33. The molecule has 0 aliphatic carbocycles. The molecule has 1 aromatic carbocycles. The number of nitrogens with zero attached hydrogens (tertiary/aromatic N) is 1. The van der Waals surface area contributed by atoms with Crippen molar-refractivity contribution in [2.75, 3.05) is 19.7 Å². The Kier molecular flexibility index (Phi) is 4.00. The lowest BCUT2D eigenvalue weighted by atomic mass is 9.94. The summed E-state index contributed by atoms with van der Waals surface area (Å²) in [4.78, 5) is 14.1. The summed E-state index contributed by atoms with van der Waals surface area (Å²) in [6.07, 6.45) is 1.21. The van der Waals surface area contributed by atoms with Crippen LogP contribution in [-0.2, 0) is 16.1 Å². The molecular weight excluding hydrogens is 266 g/mol. The van der Waals surface area contributed by atoms with Gasteiger partial charge in [-0.3, -0.25) is 4.90 Å². The van der Waals surface area contributed by atoms with Crippen molar-refractivity contribution in [3.05, 3.63) is 34.4 Å². The average molecular weight is 289 g/mol. The molecule has 4 nitrogen and oxygen atoms in total. The molecule has 4 heteroatoms. The number of fused-ring (bicyclic) bond motifs is 1. The van der Waals surface area contributed by atoms with Crippen LogP contribution in [0.15, 0.2) is 12.1 Å². The number of hydrogen-bond donors (Lipinski definition) is 0. The summed E-state index contributed by atoms with van der Waals surface area (Å²) in [6.45, 7) is 9.62. The minimum Gasteiger partial charge on any atom is -0.457 e. The van der Waals surface area contributed by atoms with E-state index in [-0.39, 0.29) is 12.1 Å². The van der Waals surface area contributed by atoms with Crippen molar-refractivity contribution < 1.29 is 14.3 Å². The van der Waals surface area contributed by atoms with Crippen molar-refractivity contribution in [1.82, 2.24) is 4.90 Å². The number of morpholine rings is 1. The molecule has 3 rings (SSSR count). The molecule has 1 saturated heterocycles. The number of hydrogen-bond acceptors (Lipinski definition) is 4. The van der Waals surface area contributed by atoms with E-state index in [9.17, 15) is 4.79 Å². The molecule has 0 radical (unpaired) electrons. The first-order valence-electron chi connectivity index (χ1n) is 7.80. The van der Waals surface area contributed by atoms with Gasteiger partial charge >= 0.3 is 5.97 Å². The zero-order valence-corrected chi connectivity index (χ0v) is 13.0. The normalized spacial score (nSPS) is 25.8. The Balaban J connectivity index is 1.87. The van der Waals surface area contributed by atoms with Crippen molar-refractivity contribution >= 4 is 5.97 Å². The van der Waals surface area contributed by atoms with Crippen LogP contribution in [0.5, 0.6) is 0 Å². The largest absolute Gasteiger partial charge is 0.457 e. The predicted molar refractivity (Wildman–Crippen MR) is 80.3 cm³/mol. The predicted octanol–water partition coefficient (Wildman–Crippen LogP) is 2.84. The molecule has 0 amide bonds. The maximum atomic E-state index is 11.6. The summed E-state index contributed by atoms with van der Waals surface area (Å²) in [6, 6.07) is 4.44. The molecule has 114 valence electrons. The number of rotatable bonds is 3. The van der Waals surface area contributed by atoms with Crippen LogP contribution < -0.4 is 0 Å². The fourth-order valence-electron chi connectivity index (χ4n) is 3.42. The number of benzene rings is 1. The molecule has 0 bridgehead atoms. The van der Waals surface area contributed by atoms with E-state index in [4.69, 9.17) is 9.47 Å². The molecule has 0 aromatic heterocycles. The molecule has 0 N–H and O–H groups in total. The lowest BCUT2D eigenvalue weighted by Crippen LogP contribution is -2.46. The van der Waals surface area contributed by atoms with E-state index in [2.05, 4.69) is 25.7 Å². The SMILES string of the molecule is CC[C@@H]1CO[C@H](c2ccc3c(c2C)COC3=O)CN1CC. The van der Waals surface area contributed by atoms with Gasteiger partial charge in [0.15, 0.2) is 0 Å². The van der Waals surface area contributed by atoms with Gasteiger partial charge in [-0.15, -0.1) is 0 Å². The zero-order chi connectivity index (χ0) is 15.0. The molecule has 1 fully saturated rings. The van der Waals surface area contributed by atoms with Crippen LogP contribution in [0.3, 0.4) is 0 Å². The van der Waals surface area contributed by atoms with E-state index >= 15 is 0 Å². The molecule has 21 heavy (non-hydrogen) atoms. The first kappa shape index (κ1) is 14.5. The van der Waals surface area contributed by atoms with Gasteiger partial charge < -0.3 is 9.47 Å². The number of likely N-dealkylation sites (N-methyl/N-ethyl adjacent to an activating group) is 1. The Morgan fingerprint density at radius 3 is 2.86 bits per heavy atom. The van der Waals surface area contributed by atoms with Crippen LogP contribution in [0.25, 0.3) is 0 Å². The number of cyclic esters (lactones) is 1. The first-order chi connectivity index (χ1) is 10.2. The molecular formula is C17H23NO3. The van der Waals surface area contributed by atoms with Gasteiger partial charge in [0, 0.05) is 18.2 Å². The Morgan fingerprint density at radius 2 is 2.14 bits per heavy atom. The zero-order valence-electron chi connectivity index (χ0n) is 13.0. The third-order valence-corrected chi connectivity index (χ3v) is 4.84. The number of carbonyl (C=O) groups is 1. The summed E-state index contributed by atoms with van der Waals surface area (Å²) < 4.78 is 11.2. The lowest BCUT2D eigenvalue weighted by molar-refractivity contribution is -0.0644. The van der Waals surface area contributed by atoms with E-state index in [0.717, 1.165) is 37.2 Å². The van der Waals surface area contributed by atoms with Crippen LogP contribution in [0, 0.1) is 6.92 Å². The summed E-state index contributed by atoms with van der Waals surface area (Å²) in [5.74, 6) is -0.203. The summed E-state index contributed by atoms with van der Waals surface area (Å²) in [5, 5.41) is 0. The second-order valence-electron chi connectivity index (χ2n) is 5.85. The van der Waals surface area contributed by atoms with Crippen LogP contribution in [0.1, 0.15) is 53.4 Å². The number of ether oxygens (including phenoxy) is 2. The van der Waals surface area contributed by atoms with Crippen LogP contribution >= 0.6 is 0 Å². The van der Waals surface area contributed by atoms with E-state index in [1.165, 1.54) is 5.56 Å².